The Balaban J connectivity index is 4.91. The van der Waals surface area contributed by atoms with E-state index in [1.54, 1.807) is 0 Å². The number of allylic oxidation sites excluding steroid dienone is 22. The minimum Gasteiger partial charge on any atom is -0.462 e. The summed E-state index contributed by atoms with van der Waals surface area (Å²) in [5, 5.41) is 9.83. The van der Waals surface area contributed by atoms with E-state index in [2.05, 4.69) is 136 Å². The molecule has 0 fully saturated rings. The molecule has 0 aliphatic heterocycles. The van der Waals surface area contributed by atoms with Crippen molar-refractivity contribution in [2.24, 2.45) is 0 Å². The lowest BCUT2D eigenvalue weighted by atomic mass is 10.0. The van der Waals surface area contributed by atoms with E-state index in [1.807, 2.05) is 18.2 Å². The molecule has 0 heterocycles. The predicted octanol–water partition coefficient (Wildman–Crippen LogP) is 18.1. The maximum Gasteiger partial charge on any atom is 0.472 e. The Hall–Kier alpha value is -4.38. The summed E-state index contributed by atoms with van der Waals surface area (Å²) >= 11 is 0. The maximum absolute atomic E-state index is 12.9. The average molecular weight is 1110 g/mol. The molecule has 0 aromatic rings. The Morgan fingerprint density at radius 1 is 0.372 bits per heavy atom. The van der Waals surface area contributed by atoms with E-state index in [0.29, 0.717) is 32.1 Å². The zero-order chi connectivity index (χ0) is 56.9. The highest BCUT2D eigenvalue weighted by Gasteiger charge is 2.28. The molecular formula is C66H107O11P. The highest BCUT2D eigenvalue weighted by Crippen LogP contribution is 2.43. The number of carbonyl (C=O) groups excluding carboxylic acids is 3. The normalized spacial score (nSPS) is 14.3. The highest BCUT2D eigenvalue weighted by atomic mass is 31.2. The van der Waals surface area contributed by atoms with Gasteiger partial charge in [0.15, 0.2) is 6.10 Å². The molecule has 2 N–H and O–H groups in total. The fourth-order valence-corrected chi connectivity index (χ4v) is 8.38. The van der Waals surface area contributed by atoms with Gasteiger partial charge in [-0.05, 0) is 96.3 Å². The van der Waals surface area contributed by atoms with Crippen LogP contribution in [0.25, 0.3) is 0 Å². The number of phosphoric acid groups is 1. The zero-order valence-electron chi connectivity index (χ0n) is 48.8. The first-order chi connectivity index (χ1) is 38.2. The molecule has 11 nitrogen and oxygen atoms in total. The van der Waals surface area contributed by atoms with E-state index in [-0.39, 0.29) is 19.3 Å². The molecule has 0 aromatic heterocycles. The number of unbranched alkanes of at least 4 members (excludes halogenated alkanes) is 15. The molecule has 12 heteroatoms. The first-order valence-corrected chi connectivity index (χ1v) is 31.6. The van der Waals surface area contributed by atoms with Gasteiger partial charge in [0.1, 0.15) is 12.7 Å². The zero-order valence-corrected chi connectivity index (χ0v) is 49.7. The van der Waals surface area contributed by atoms with Crippen molar-refractivity contribution in [3.8, 4) is 0 Å². The van der Waals surface area contributed by atoms with Crippen molar-refractivity contribution in [3.63, 3.8) is 0 Å². The van der Waals surface area contributed by atoms with Crippen molar-refractivity contribution in [1.82, 2.24) is 0 Å². The van der Waals surface area contributed by atoms with Gasteiger partial charge >= 0.3 is 25.7 Å². The number of aliphatic hydroxyl groups excluding tert-OH is 1. The van der Waals surface area contributed by atoms with Crippen molar-refractivity contribution in [2.75, 3.05) is 26.4 Å². The number of esters is 3. The van der Waals surface area contributed by atoms with Crippen molar-refractivity contribution < 1.29 is 52.2 Å². The van der Waals surface area contributed by atoms with Gasteiger partial charge in [-0.25, -0.2) is 4.57 Å². The van der Waals surface area contributed by atoms with E-state index in [4.69, 9.17) is 23.3 Å². The second-order valence-corrected chi connectivity index (χ2v) is 20.9. The third-order valence-electron chi connectivity index (χ3n) is 12.1. The lowest BCUT2D eigenvalue weighted by Crippen LogP contribution is -2.30. The number of hydrogen-bond donors (Lipinski definition) is 2. The Morgan fingerprint density at radius 2 is 0.692 bits per heavy atom. The van der Waals surface area contributed by atoms with Gasteiger partial charge in [-0.3, -0.25) is 23.4 Å². The maximum atomic E-state index is 12.9. The Labute approximate surface area is 474 Å². The first kappa shape index (κ1) is 73.6. The largest absolute Gasteiger partial charge is 0.472 e. The van der Waals surface area contributed by atoms with Gasteiger partial charge in [-0.15, -0.1) is 0 Å². The van der Waals surface area contributed by atoms with Gasteiger partial charge in [-0.1, -0.05) is 244 Å². The number of phosphoric ester groups is 1. The molecule has 0 aromatic carbocycles. The number of hydrogen-bond acceptors (Lipinski definition) is 10. The van der Waals surface area contributed by atoms with Gasteiger partial charge in [0.05, 0.1) is 19.8 Å². The van der Waals surface area contributed by atoms with E-state index in [9.17, 15) is 28.9 Å². The van der Waals surface area contributed by atoms with E-state index in [1.165, 1.54) is 70.6 Å². The second-order valence-electron chi connectivity index (χ2n) is 19.4. The standard InChI is InChI=1S/C66H107O11P/c1-4-7-10-13-16-19-22-25-28-30-31-33-36-39-42-45-48-51-54-57-66(70)77-63(59-73-64(68)55-52-49-46-43-40-37-35-32-29-26-23-20-17-14-11-8-5-2)61-75-78(71,72)74-60-62(58-67)76-65(69)56-53-50-47-44-41-38-34-27-24-21-18-15-12-9-6-3/h7-8,10-11,16-17,19-20,25-26,28-29,31,33,35,37,39,42-43,46,48,51,62-63,67H,4-6,9,12-15,18,21-24,27,30,32,34,36,38,40-41,44-45,47,49-50,52-61H2,1-3H3,(H,71,72)/b10-7-,11-8-,19-16-,20-17-,28-25-,29-26-,33-31-,37-35-,42-39-,46-43-,51-48-. The fraction of sp³-hybridized carbons (Fsp3) is 0.621. The van der Waals surface area contributed by atoms with E-state index < -0.39 is 64.4 Å². The molecule has 0 saturated carbocycles. The molecule has 0 aliphatic carbocycles. The molecule has 0 aliphatic rings. The molecule has 0 saturated heterocycles. The van der Waals surface area contributed by atoms with Gasteiger partial charge in [0.25, 0.3) is 0 Å². The molecule has 0 bridgehead atoms. The summed E-state index contributed by atoms with van der Waals surface area (Å²) in [5.41, 5.74) is 0. The summed E-state index contributed by atoms with van der Waals surface area (Å²) in [6.07, 6.45) is 74.3. The van der Waals surface area contributed by atoms with Crippen LogP contribution in [0, 0.1) is 0 Å². The van der Waals surface area contributed by atoms with Gasteiger partial charge in [0.2, 0.25) is 0 Å². The van der Waals surface area contributed by atoms with Crippen LogP contribution in [0.15, 0.2) is 134 Å². The summed E-state index contributed by atoms with van der Waals surface area (Å²) in [5.74, 6) is -1.65. The van der Waals surface area contributed by atoms with Crippen LogP contribution in [0.3, 0.4) is 0 Å². The highest BCUT2D eigenvalue weighted by molar-refractivity contribution is 7.47. The minimum atomic E-state index is -4.79. The SMILES string of the molecule is CC/C=C\C/C=C\C/C=C\C/C=C\C/C=C\C/C=C\CCC(=O)OC(COC(=O)CCC/C=C\C/C=C\C/C=C\C/C=C\C/C=C\CC)COP(=O)(O)OCC(CO)OC(=O)CCCCCCCCCCCCCCCCC. The summed E-state index contributed by atoms with van der Waals surface area (Å²) < 4.78 is 39.4. The third kappa shape index (κ3) is 56.3. The Morgan fingerprint density at radius 3 is 1.09 bits per heavy atom. The molecule has 0 radical (unpaired) electrons. The van der Waals surface area contributed by atoms with Gasteiger partial charge in [0, 0.05) is 19.3 Å². The molecule has 0 amide bonds. The molecule has 3 atom stereocenters. The second kappa shape index (κ2) is 58.8. The lowest BCUT2D eigenvalue weighted by Gasteiger charge is -2.21. The molecule has 442 valence electrons. The fourth-order valence-electron chi connectivity index (χ4n) is 7.59. The molecular weight excluding hydrogens is 1000 g/mol. The smallest absolute Gasteiger partial charge is 0.462 e. The first-order valence-electron chi connectivity index (χ1n) is 30.1. The van der Waals surface area contributed by atoms with Crippen LogP contribution in [-0.4, -0.2) is 66.5 Å². The predicted molar refractivity (Wildman–Crippen MR) is 325 cm³/mol. The quantitative estimate of drug-likeness (QED) is 0.0197. The lowest BCUT2D eigenvalue weighted by molar-refractivity contribution is -0.161. The van der Waals surface area contributed by atoms with Gasteiger partial charge < -0.3 is 24.2 Å². The number of ether oxygens (including phenoxy) is 3. The van der Waals surface area contributed by atoms with Crippen molar-refractivity contribution >= 4 is 25.7 Å². The topological polar surface area (TPSA) is 155 Å². The monoisotopic (exact) mass is 1110 g/mol. The van der Waals surface area contributed by atoms with Crippen molar-refractivity contribution in [2.45, 2.75) is 238 Å². The molecule has 3 unspecified atom stereocenters. The Kier molecular flexibility index (Phi) is 55.5. The molecule has 0 rings (SSSR count). The Bertz CT molecular complexity index is 1820. The summed E-state index contributed by atoms with van der Waals surface area (Å²) in [6, 6.07) is 0. The number of rotatable bonds is 54. The summed E-state index contributed by atoms with van der Waals surface area (Å²) in [4.78, 5) is 48.6. The summed E-state index contributed by atoms with van der Waals surface area (Å²) in [7, 11) is -4.79. The molecule has 0 spiro atoms. The minimum absolute atomic E-state index is 0.0239. The van der Waals surface area contributed by atoms with Crippen LogP contribution in [0.2, 0.25) is 0 Å². The molecule has 78 heavy (non-hydrogen) atoms. The third-order valence-corrected chi connectivity index (χ3v) is 13.0. The van der Waals surface area contributed by atoms with Crippen LogP contribution in [0.4, 0.5) is 0 Å². The number of aliphatic hydroxyl groups is 1. The van der Waals surface area contributed by atoms with E-state index >= 15 is 0 Å². The van der Waals surface area contributed by atoms with Crippen LogP contribution in [-0.2, 0) is 42.2 Å². The van der Waals surface area contributed by atoms with E-state index in [0.717, 1.165) is 83.5 Å². The number of carbonyl (C=O) groups is 3. The van der Waals surface area contributed by atoms with Crippen molar-refractivity contribution in [1.29, 1.82) is 0 Å². The van der Waals surface area contributed by atoms with Crippen LogP contribution in [0.5, 0.6) is 0 Å². The van der Waals surface area contributed by atoms with Crippen LogP contribution < -0.4 is 0 Å². The summed E-state index contributed by atoms with van der Waals surface area (Å²) in [6.45, 7) is 4.27. The van der Waals surface area contributed by atoms with Crippen molar-refractivity contribution in [3.05, 3.63) is 134 Å². The van der Waals surface area contributed by atoms with Crippen LogP contribution >= 0.6 is 7.82 Å². The average Bonchev–Trinajstić information content (AvgIpc) is 3.43. The van der Waals surface area contributed by atoms with Crippen LogP contribution in [0.1, 0.15) is 226 Å². The van der Waals surface area contributed by atoms with Gasteiger partial charge in [-0.2, -0.15) is 0 Å².